The van der Waals surface area contributed by atoms with E-state index in [1.165, 1.54) is 13.8 Å². The molecule has 0 aromatic heterocycles. The Morgan fingerprint density at radius 2 is 0.970 bits per heavy atom. The van der Waals surface area contributed by atoms with Gasteiger partial charge in [-0.2, -0.15) is 0 Å². The Labute approximate surface area is 390 Å². The van der Waals surface area contributed by atoms with Crippen LogP contribution in [0.1, 0.15) is 101 Å². The number of hydrogen-bond donors (Lipinski definition) is 10. The maximum absolute atomic E-state index is 12.8. The minimum atomic E-state index is -1.11. The number of nitrogens with zero attached hydrogens (tertiary/aromatic N) is 2. The van der Waals surface area contributed by atoms with Crippen molar-refractivity contribution in [3.05, 3.63) is 0 Å². The van der Waals surface area contributed by atoms with Gasteiger partial charge in [0.15, 0.2) is 11.9 Å². The highest BCUT2D eigenvalue weighted by atomic mass is 16.5. The van der Waals surface area contributed by atoms with E-state index in [2.05, 4.69) is 38.2 Å². The van der Waals surface area contributed by atoms with Gasteiger partial charge < -0.3 is 73.4 Å². The number of nitrogens with two attached hydrogens (primary N) is 4. The first-order valence-corrected chi connectivity index (χ1v) is 23.4. The topological polar surface area (TPSA) is 357 Å². The Hall–Kier alpha value is -4.80. The lowest BCUT2D eigenvalue weighted by Gasteiger charge is -2.37. The maximum atomic E-state index is 12.8. The summed E-state index contributed by atoms with van der Waals surface area (Å²) in [5, 5.41) is 31.6. The molecule has 22 heteroatoms. The Morgan fingerprint density at radius 1 is 0.621 bits per heavy atom. The summed E-state index contributed by atoms with van der Waals surface area (Å²) in [7, 11) is 0. The van der Waals surface area contributed by atoms with Crippen LogP contribution >= 0.6 is 0 Å². The van der Waals surface area contributed by atoms with Gasteiger partial charge in [-0.25, -0.2) is 9.98 Å². The molecule has 2 fully saturated rings. The third-order valence-corrected chi connectivity index (χ3v) is 12.8. The fourth-order valence-corrected chi connectivity index (χ4v) is 9.57. The number of hydrogen-bond acceptors (Lipinski definition) is 12. The Kier molecular flexibility index (Phi) is 25.8. The zero-order chi connectivity index (χ0) is 49.5. The van der Waals surface area contributed by atoms with Crippen LogP contribution in [0.4, 0.5) is 0 Å². The third-order valence-electron chi connectivity index (χ3n) is 12.8. The molecule has 2 saturated carbocycles. The molecule has 22 nitrogen and oxygen atoms in total. The smallest absolute Gasteiger partial charge is 0.309 e. The molecular weight excluding hydrogens is 861 g/mol. The molecule has 380 valence electrons. The van der Waals surface area contributed by atoms with Crippen LogP contribution in [0, 0.1) is 41.4 Å². The summed E-state index contributed by atoms with van der Waals surface area (Å²) in [6.45, 7) is 13.8. The monoisotopic (exact) mass is 945 g/mol. The molecule has 0 aromatic carbocycles. The zero-order valence-corrected chi connectivity index (χ0v) is 40.0. The highest BCUT2D eigenvalue weighted by molar-refractivity contribution is 5.79. The second-order valence-corrected chi connectivity index (χ2v) is 17.5. The van der Waals surface area contributed by atoms with Gasteiger partial charge in [-0.1, -0.05) is 60.3 Å². The van der Waals surface area contributed by atoms with Gasteiger partial charge in [0.05, 0.1) is 49.3 Å². The van der Waals surface area contributed by atoms with E-state index in [1.807, 2.05) is 27.7 Å². The van der Waals surface area contributed by atoms with Crippen LogP contribution in [0.2, 0.25) is 0 Å². The fourth-order valence-electron chi connectivity index (χ4n) is 9.57. The molecule has 14 N–H and O–H groups in total. The second-order valence-electron chi connectivity index (χ2n) is 17.5. The molecule has 4 amide bonds. The van der Waals surface area contributed by atoms with Crippen LogP contribution in [0.15, 0.2) is 9.98 Å². The number of aliphatic imine (C=N–C) groups is 2. The fraction of sp³-hybridized carbons (Fsp3) is 0.818. The van der Waals surface area contributed by atoms with Gasteiger partial charge >= 0.3 is 11.9 Å². The van der Waals surface area contributed by atoms with Crippen molar-refractivity contribution in [2.75, 3.05) is 52.7 Å². The normalized spacial score (nSPS) is 24.0. The molecule has 2 aliphatic carbocycles. The van der Waals surface area contributed by atoms with Gasteiger partial charge in [0.1, 0.15) is 13.2 Å². The van der Waals surface area contributed by atoms with Crippen LogP contribution in [-0.4, -0.2) is 147 Å². The van der Waals surface area contributed by atoms with Crippen LogP contribution in [0.5, 0.6) is 0 Å². The number of nitrogens with one attached hydrogen (secondary N) is 4. The Bertz CT molecular complexity index is 1500. The van der Waals surface area contributed by atoms with Crippen LogP contribution in [0.25, 0.3) is 0 Å². The van der Waals surface area contributed by atoms with Crippen molar-refractivity contribution in [3.63, 3.8) is 0 Å². The van der Waals surface area contributed by atoms with E-state index in [1.54, 1.807) is 0 Å². The van der Waals surface area contributed by atoms with E-state index < -0.39 is 97.0 Å². The molecule has 0 saturated heterocycles. The number of ether oxygens (including phenoxy) is 4. The van der Waals surface area contributed by atoms with E-state index in [4.69, 9.17) is 41.9 Å². The summed E-state index contributed by atoms with van der Waals surface area (Å²) in [4.78, 5) is 83.5. The Morgan fingerprint density at radius 3 is 1.26 bits per heavy atom. The molecule has 0 spiro atoms. The Balaban J connectivity index is 0.0000224. The highest BCUT2D eigenvalue weighted by Crippen LogP contribution is 2.43. The van der Waals surface area contributed by atoms with Gasteiger partial charge in [0, 0.05) is 65.5 Å². The van der Waals surface area contributed by atoms with E-state index in [-0.39, 0.29) is 82.1 Å². The predicted octanol–water partition coefficient (Wildman–Crippen LogP) is 0.292. The molecule has 2 aliphatic rings. The highest BCUT2D eigenvalue weighted by Gasteiger charge is 2.54. The van der Waals surface area contributed by atoms with Crippen molar-refractivity contribution in [2.24, 2.45) is 74.3 Å². The number of guanidine groups is 2. The lowest BCUT2D eigenvalue weighted by molar-refractivity contribution is -0.150. The largest absolute Gasteiger partial charge is 0.481 e. The molecule has 10 atom stereocenters. The van der Waals surface area contributed by atoms with Crippen molar-refractivity contribution < 1.29 is 59.4 Å². The zero-order valence-electron chi connectivity index (χ0n) is 40.0. The van der Waals surface area contributed by atoms with Gasteiger partial charge in [0.2, 0.25) is 23.6 Å². The summed E-state index contributed by atoms with van der Waals surface area (Å²) in [5.41, 5.74) is 22.9. The third kappa shape index (κ3) is 18.8. The number of aliphatic carboxylic acids is 2. The summed E-state index contributed by atoms with van der Waals surface area (Å²) < 4.78 is 23.5. The van der Waals surface area contributed by atoms with Crippen LogP contribution in [-0.2, 0) is 47.7 Å². The number of rotatable bonds is 32. The van der Waals surface area contributed by atoms with E-state index >= 15 is 0 Å². The average molecular weight is 945 g/mol. The number of carboxylic acid groups (broad SMARTS) is 2. The standard InChI is InChI=1S/C44H80N10O12.H2/c1-8-27(9-2)37(51-25(6)55)35-31(53-43(45)46)20-29(41(59)60)39(35)65-22-33(57)49-14-18-63-16-12-24(5)13-17-64-19-15-50-34(58)23-66-40-30(42(61)62)21-32(54-44(47)48)36(40)38(52-26(7)56)28(10-3)11-4;/h24,27-32,35-40H,8-23H2,1-7H3,(H,49,57)(H,50,58)(H,51,55)(H,52,56)(H,59,60)(H,61,62)(H4,45,46,53)(H4,47,48,54);1H/t29-,30-,31+,32+,35+,36+,37+,38+,39+,40+;/m0./s1/i;1+2. The molecule has 2 rings (SSSR count). The van der Waals surface area contributed by atoms with Crippen LogP contribution < -0.4 is 44.2 Å². The summed E-state index contributed by atoms with van der Waals surface area (Å²) in [6, 6.07) is -2.24. The minimum Gasteiger partial charge on any atom is -0.481 e. The molecule has 0 aromatic rings. The molecular formula is C44H82N10O12. The first kappa shape index (κ1) is 57.3. The van der Waals surface area contributed by atoms with Gasteiger partial charge in [0.25, 0.3) is 0 Å². The van der Waals surface area contributed by atoms with Crippen molar-refractivity contribution >= 4 is 47.5 Å². The number of amides is 4. The lowest BCUT2D eigenvalue weighted by Crippen LogP contribution is -2.52. The quantitative estimate of drug-likeness (QED) is 0.0246. The second kappa shape index (κ2) is 29.8. The minimum absolute atomic E-state index is 0. The maximum Gasteiger partial charge on any atom is 0.309 e. The number of carboxylic acids is 2. The van der Waals surface area contributed by atoms with Crippen molar-refractivity contribution in [1.82, 2.24) is 21.3 Å². The van der Waals surface area contributed by atoms with E-state index in [0.29, 0.717) is 38.9 Å². The van der Waals surface area contributed by atoms with Gasteiger partial charge in [-0.3, -0.25) is 28.8 Å². The molecule has 0 radical (unpaired) electrons. The van der Waals surface area contributed by atoms with E-state index in [0.717, 1.165) is 12.8 Å². The SMILES string of the molecule is CCC(CC)[C@@H](NC(C)=O)[C@@H]1[C@H](OCC(=O)NCCOCCC(C)CCOCCNC(=O)CO[C@H]2[C@@H]([C@H](NC(C)=O)C(CC)CC)[C@H](N=C(N)N)C[C@@H]2C(=O)O)[C@@H](C(=O)O)C[C@H]1N=C(N)N.[3HH]. The molecule has 0 bridgehead atoms. The summed E-state index contributed by atoms with van der Waals surface area (Å²) >= 11 is 0. The van der Waals surface area contributed by atoms with Crippen molar-refractivity contribution in [3.8, 4) is 0 Å². The van der Waals surface area contributed by atoms with Crippen molar-refractivity contribution in [1.29, 1.82) is 0 Å². The molecule has 0 heterocycles. The number of carbonyl (C=O) groups is 6. The summed E-state index contributed by atoms with van der Waals surface area (Å²) in [5.74, 6) is -7.01. The molecule has 0 aliphatic heterocycles. The first-order valence-electron chi connectivity index (χ1n) is 23.4. The van der Waals surface area contributed by atoms with Gasteiger partial charge in [-0.15, -0.1) is 0 Å². The average Bonchev–Trinajstić information content (AvgIpc) is 3.78. The number of carbonyl (C=O) groups excluding carboxylic acids is 4. The first-order chi connectivity index (χ1) is 31.3. The summed E-state index contributed by atoms with van der Waals surface area (Å²) in [6.07, 6.45) is 2.61. The van der Waals surface area contributed by atoms with Crippen molar-refractivity contribution in [2.45, 2.75) is 136 Å². The predicted molar refractivity (Wildman–Crippen MR) is 249 cm³/mol. The van der Waals surface area contributed by atoms with Crippen LogP contribution in [0.3, 0.4) is 0 Å². The van der Waals surface area contributed by atoms with Gasteiger partial charge in [-0.05, 0) is 43.4 Å². The lowest BCUT2D eigenvalue weighted by atomic mass is 9.80. The molecule has 0 unspecified atom stereocenters. The van der Waals surface area contributed by atoms with E-state index in [9.17, 15) is 39.0 Å². The molecule has 66 heavy (non-hydrogen) atoms.